The van der Waals surface area contributed by atoms with Gasteiger partial charge in [-0.15, -0.1) is 0 Å². The molecule has 94 valence electrons. The summed E-state index contributed by atoms with van der Waals surface area (Å²) in [6.45, 7) is 0.0767. The molecule has 1 aromatic carbocycles. The molecule has 1 N–H and O–H groups in total. The average Bonchev–Trinajstić information content (AvgIpc) is 2.79. The molecule has 18 heavy (non-hydrogen) atoms. The summed E-state index contributed by atoms with van der Waals surface area (Å²) in [5, 5.41) is 9.61. The number of halogens is 2. The van der Waals surface area contributed by atoms with Crippen LogP contribution in [-0.2, 0) is 6.61 Å². The van der Waals surface area contributed by atoms with Crippen LogP contribution in [0.5, 0.6) is 5.75 Å². The van der Waals surface area contributed by atoms with Crippen LogP contribution in [0.15, 0.2) is 34.7 Å². The summed E-state index contributed by atoms with van der Waals surface area (Å²) in [7, 11) is 0. The van der Waals surface area contributed by atoms with Gasteiger partial charge in [-0.2, -0.15) is 0 Å². The highest BCUT2D eigenvalue weighted by atomic mass is 35.5. The van der Waals surface area contributed by atoms with E-state index in [0.29, 0.717) is 21.6 Å². The number of carboxylic acids is 1. The van der Waals surface area contributed by atoms with E-state index in [4.69, 9.17) is 37.5 Å². The van der Waals surface area contributed by atoms with Crippen LogP contribution in [0, 0.1) is 0 Å². The number of rotatable bonds is 4. The van der Waals surface area contributed by atoms with Crippen molar-refractivity contribution in [2.24, 2.45) is 0 Å². The van der Waals surface area contributed by atoms with Crippen molar-refractivity contribution in [2.75, 3.05) is 0 Å². The summed E-state index contributed by atoms with van der Waals surface area (Å²) >= 11 is 11.7. The third kappa shape index (κ3) is 2.97. The summed E-state index contributed by atoms with van der Waals surface area (Å²) < 4.78 is 10.4. The third-order valence-electron chi connectivity index (χ3n) is 2.14. The molecule has 0 spiro atoms. The number of hydrogen-bond donors (Lipinski definition) is 1. The molecule has 0 unspecified atom stereocenters. The van der Waals surface area contributed by atoms with Crippen molar-refractivity contribution in [1.29, 1.82) is 0 Å². The standard InChI is InChI=1S/C12H8Cl2O4/c13-7-1-3-9(14)11(5-7)17-6-8-2-4-10(18-8)12(15)16/h1-5H,6H2,(H,15,16). The molecule has 0 amide bonds. The molecular weight excluding hydrogens is 279 g/mol. The molecule has 2 rings (SSSR count). The summed E-state index contributed by atoms with van der Waals surface area (Å²) in [5.41, 5.74) is 0. The normalized spacial score (nSPS) is 10.3. The number of furan rings is 1. The maximum absolute atomic E-state index is 10.6. The molecule has 0 aliphatic heterocycles. The van der Waals surface area contributed by atoms with Crippen LogP contribution in [-0.4, -0.2) is 11.1 Å². The Labute approximate surface area is 113 Å². The summed E-state index contributed by atoms with van der Waals surface area (Å²) in [4.78, 5) is 10.6. The van der Waals surface area contributed by atoms with Crippen LogP contribution in [0.2, 0.25) is 10.0 Å². The second-order valence-electron chi connectivity index (χ2n) is 3.43. The zero-order valence-electron chi connectivity index (χ0n) is 9.02. The van der Waals surface area contributed by atoms with Gasteiger partial charge in [0.15, 0.2) is 0 Å². The Hall–Kier alpha value is -1.65. The first-order chi connectivity index (χ1) is 8.56. The van der Waals surface area contributed by atoms with Crippen molar-refractivity contribution in [1.82, 2.24) is 0 Å². The van der Waals surface area contributed by atoms with Gasteiger partial charge in [-0.1, -0.05) is 23.2 Å². The van der Waals surface area contributed by atoms with Gasteiger partial charge in [-0.05, 0) is 24.3 Å². The van der Waals surface area contributed by atoms with Crippen molar-refractivity contribution in [3.63, 3.8) is 0 Å². The number of hydrogen-bond acceptors (Lipinski definition) is 3. The van der Waals surface area contributed by atoms with Crippen molar-refractivity contribution < 1.29 is 19.1 Å². The highest BCUT2D eigenvalue weighted by Gasteiger charge is 2.10. The SMILES string of the molecule is O=C(O)c1ccc(COc2cc(Cl)ccc2Cl)o1. The van der Waals surface area contributed by atoms with Crippen LogP contribution >= 0.6 is 23.2 Å². The molecular formula is C12H8Cl2O4. The molecule has 0 fully saturated rings. The average molecular weight is 287 g/mol. The van der Waals surface area contributed by atoms with Crippen molar-refractivity contribution in [2.45, 2.75) is 6.61 Å². The lowest BCUT2D eigenvalue weighted by Crippen LogP contribution is -1.95. The highest BCUT2D eigenvalue weighted by molar-refractivity contribution is 6.34. The Morgan fingerprint density at radius 2 is 2.06 bits per heavy atom. The van der Waals surface area contributed by atoms with Gasteiger partial charge in [-0.25, -0.2) is 4.79 Å². The maximum Gasteiger partial charge on any atom is 0.371 e. The molecule has 0 bridgehead atoms. The Balaban J connectivity index is 2.06. The van der Waals surface area contributed by atoms with Crippen molar-refractivity contribution in [3.8, 4) is 5.75 Å². The van der Waals surface area contributed by atoms with Crippen LogP contribution in [0.1, 0.15) is 16.3 Å². The number of benzene rings is 1. The summed E-state index contributed by atoms with van der Waals surface area (Å²) in [5.74, 6) is -0.450. The monoisotopic (exact) mass is 286 g/mol. The Bertz CT molecular complexity index is 577. The summed E-state index contributed by atoms with van der Waals surface area (Å²) in [6, 6.07) is 7.73. The fourth-order valence-corrected chi connectivity index (χ4v) is 1.64. The number of carbonyl (C=O) groups is 1. The predicted molar refractivity (Wildman–Crippen MR) is 66.5 cm³/mol. The van der Waals surface area contributed by atoms with E-state index in [2.05, 4.69) is 0 Å². The molecule has 4 nitrogen and oxygen atoms in total. The minimum absolute atomic E-state index is 0.0767. The van der Waals surface area contributed by atoms with E-state index in [1.165, 1.54) is 12.1 Å². The fourth-order valence-electron chi connectivity index (χ4n) is 1.31. The minimum Gasteiger partial charge on any atom is -0.484 e. The second kappa shape index (κ2) is 5.33. The van der Waals surface area contributed by atoms with Gasteiger partial charge in [0.05, 0.1) is 5.02 Å². The van der Waals surface area contributed by atoms with E-state index in [1.54, 1.807) is 18.2 Å². The molecule has 1 aromatic heterocycles. The largest absolute Gasteiger partial charge is 0.484 e. The highest BCUT2D eigenvalue weighted by Crippen LogP contribution is 2.28. The Morgan fingerprint density at radius 3 is 2.72 bits per heavy atom. The van der Waals surface area contributed by atoms with Gasteiger partial charge in [0, 0.05) is 11.1 Å². The van der Waals surface area contributed by atoms with E-state index < -0.39 is 5.97 Å². The first-order valence-corrected chi connectivity index (χ1v) is 5.71. The summed E-state index contributed by atoms with van der Waals surface area (Å²) in [6.07, 6.45) is 0. The van der Waals surface area contributed by atoms with Crippen LogP contribution in [0.4, 0.5) is 0 Å². The van der Waals surface area contributed by atoms with Crippen LogP contribution in [0.25, 0.3) is 0 Å². The maximum atomic E-state index is 10.6. The first kappa shape index (κ1) is 12.8. The smallest absolute Gasteiger partial charge is 0.371 e. The van der Waals surface area contributed by atoms with Gasteiger partial charge in [0.1, 0.15) is 18.1 Å². The third-order valence-corrected chi connectivity index (χ3v) is 2.68. The van der Waals surface area contributed by atoms with Crippen molar-refractivity contribution >= 4 is 29.2 Å². The lowest BCUT2D eigenvalue weighted by molar-refractivity contribution is 0.0658. The van der Waals surface area contributed by atoms with E-state index >= 15 is 0 Å². The Morgan fingerprint density at radius 1 is 1.28 bits per heavy atom. The number of ether oxygens (including phenoxy) is 1. The molecule has 2 aromatic rings. The molecule has 0 radical (unpaired) electrons. The zero-order valence-corrected chi connectivity index (χ0v) is 10.5. The second-order valence-corrected chi connectivity index (χ2v) is 4.28. The number of carboxylic acid groups (broad SMARTS) is 1. The molecule has 0 aliphatic rings. The van der Waals surface area contributed by atoms with E-state index in [0.717, 1.165) is 0 Å². The molecule has 0 aliphatic carbocycles. The topological polar surface area (TPSA) is 59.7 Å². The lowest BCUT2D eigenvalue weighted by atomic mass is 10.3. The van der Waals surface area contributed by atoms with Crippen LogP contribution in [0.3, 0.4) is 0 Å². The van der Waals surface area contributed by atoms with Gasteiger partial charge in [0.2, 0.25) is 5.76 Å². The van der Waals surface area contributed by atoms with E-state index in [-0.39, 0.29) is 12.4 Å². The molecule has 0 saturated carbocycles. The quantitative estimate of drug-likeness (QED) is 0.927. The van der Waals surface area contributed by atoms with Crippen molar-refractivity contribution in [3.05, 3.63) is 51.9 Å². The fraction of sp³-hybridized carbons (Fsp3) is 0.0833. The van der Waals surface area contributed by atoms with Gasteiger partial charge >= 0.3 is 5.97 Å². The lowest BCUT2D eigenvalue weighted by Gasteiger charge is -2.06. The predicted octanol–water partition coefficient (Wildman–Crippen LogP) is 3.86. The van der Waals surface area contributed by atoms with Crippen LogP contribution < -0.4 is 4.74 Å². The molecule has 0 atom stereocenters. The molecule has 6 heteroatoms. The zero-order chi connectivity index (χ0) is 13.1. The van der Waals surface area contributed by atoms with Gasteiger partial charge < -0.3 is 14.3 Å². The first-order valence-electron chi connectivity index (χ1n) is 4.96. The van der Waals surface area contributed by atoms with Gasteiger partial charge in [-0.3, -0.25) is 0 Å². The van der Waals surface area contributed by atoms with E-state index in [9.17, 15) is 4.79 Å². The van der Waals surface area contributed by atoms with Gasteiger partial charge in [0.25, 0.3) is 0 Å². The molecule has 0 saturated heterocycles. The Kier molecular flexibility index (Phi) is 3.79. The number of aromatic carboxylic acids is 1. The van der Waals surface area contributed by atoms with E-state index in [1.807, 2.05) is 0 Å². The minimum atomic E-state index is -1.12. The molecule has 1 heterocycles.